The Hall–Kier alpha value is -2.19. The third-order valence-electron chi connectivity index (χ3n) is 4.08. The number of terminal acetylenes is 1. The Morgan fingerprint density at radius 3 is 1.94 bits per heavy atom. The third kappa shape index (κ3) is 15.3. The van der Waals surface area contributed by atoms with E-state index in [9.17, 15) is 14.4 Å². The van der Waals surface area contributed by atoms with Crippen LogP contribution in [0.1, 0.15) is 20.3 Å². The average Bonchev–Trinajstić information content (AvgIpc) is 2.74. The molecule has 0 aliphatic rings. The number of amides is 3. The molecule has 0 aliphatic heterocycles. The van der Waals surface area contributed by atoms with E-state index in [2.05, 4.69) is 16.6 Å². The quantitative estimate of drug-likeness (QED) is 0.215. The van der Waals surface area contributed by atoms with Crippen molar-refractivity contribution in [1.29, 1.82) is 0 Å². The number of carbonyl (C=O) groups is 3. The first-order chi connectivity index (χ1) is 14.8. The molecule has 0 saturated heterocycles. The van der Waals surface area contributed by atoms with Crippen LogP contribution in [0, 0.1) is 18.3 Å². The maximum atomic E-state index is 12.1. The van der Waals surface area contributed by atoms with E-state index in [4.69, 9.17) is 25.4 Å². The fraction of sp³-hybridized carbons (Fsp3) is 0.762. The van der Waals surface area contributed by atoms with E-state index in [1.807, 2.05) is 13.8 Å². The number of likely N-dealkylation sites (N-methyl/N-ethyl adjacent to an activating group) is 2. The summed E-state index contributed by atoms with van der Waals surface area (Å²) in [6.45, 7) is 6.57. The van der Waals surface area contributed by atoms with E-state index < -0.39 is 11.9 Å². The molecule has 0 rings (SSSR count). The number of carbonyl (C=O) groups excluding carboxylic acids is 3. The highest BCUT2D eigenvalue weighted by Crippen LogP contribution is 2.02. The standard InChI is InChI=1S/C21H37N3O7/c1-6-8-28-10-12-30-14-15-31-13-11-29-9-7-19(26)24(5)16-18(25)23-20(17(2)3)21(27)22-4/h1,17,20H,7-16H2,2-5H3,(H,22,27)(H,23,25)/t20-/m0/s1. The van der Waals surface area contributed by atoms with Crippen LogP contribution in [0.2, 0.25) is 0 Å². The van der Waals surface area contributed by atoms with Gasteiger partial charge >= 0.3 is 0 Å². The Balaban J connectivity index is 3.78. The number of nitrogens with one attached hydrogen (secondary N) is 2. The van der Waals surface area contributed by atoms with Gasteiger partial charge in [0.05, 0.1) is 59.2 Å². The molecule has 1 atom stereocenters. The first kappa shape index (κ1) is 28.8. The van der Waals surface area contributed by atoms with Gasteiger partial charge in [-0.25, -0.2) is 0 Å². The number of hydrogen-bond donors (Lipinski definition) is 2. The Morgan fingerprint density at radius 1 is 0.935 bits per heavy atom. The minimum absolute atomic E-state index is 0.0695. The molecule has 31 heavy (non-hydrogen) atoms. The van der Waals surface area contributed by atoms with Crippen molar-refractivity contribution in [1.82, 2.24) is 15.5 Å². The molecule has 0 unspecified atom stereocenters. The highest BCUT2D eigenvalue weighted by atomic mass is 16.6. The van der Waals surface area contributed by atoms with Crippen LogP contribution in [-0.2, 0) is 33.3 Å². The minimum Gasteiger partial charge on any atom is -0.379 e. The van der Waals surface area contributed by atoms with E-state index in [-0.39, 0.29) is 43.9 Å². The van der Waals surface area contributed by atoms with Gasteiger partial charge in [0.15, 0.2) is 0 Å². The van der Waals surface area contributed by atoms with Crippen molar-refractivity contribution in [3.63, 3.8) is 0 Å². The monoisotopic (exact) mass is 443 g/mol. The summed E-state index contributed by atoms with van der Waals surface area (Å²) in [4.78, 5) is 37.3. The molecule has 0 radical (unpaired) electrons. The van der Waals surface area contributed by atoms with Crippen LogP contribution in [0.4, 0.5) is 0 Å². The Kier molecular flexibility index (Phi) is 17.3. The van der Waals surface area contributed by atoms with Crippen molar-refractivity contribution in [2.75, 3.05) is 73.5 Å². The summed E-state index contributed by atoms with van der Waals surface area (Å²) < 4.78 is 21.1. The second-order valence-corrected chi connectivity index (χ2v) is 7.00. The number of rotatable bonds is 18. The van der Waals surface area contributed by atoms with Crippen LogP contribution in [0.5, 0.6) is 0 Å². The molecular weight excluding hydrogens is 406 g/mol. The van der Waals surface area contributed by atoms with Crippen molar-refractivity contribution in [3.8, 4) is 12.3 Å². The zero-order chi connectivity index (χ0) is 23.5. The lowest BCUT2D eigenvalue weighted by molar-refractivity contribution is -0.136. The molecule has 0 aromatic rings. The summed E-state index contributed by atoms with van der Waals surface area (Å²) in [5, 5.41) is 5.17. The van der Waals surface area contributed by atoms with E-state index >= 15 is 0 Å². The van der Waals surface area contributed by atoms with Gasteiger partial charge in [0.1, 0.15) is 12.6 Å². The highest BCUT2D eigenvalue weighted by Gasteiger charge is 2.24. The largest absolute Gasteiger partial charge is 0.379 e. The van der Waals surface area contributed by atoms with Crippen molar-refractivity contribution < 1.29 is 33.3 Å². The molecule has 0 saturated carbocycles. The van der Waals surface area contributed by atoms with Gasteiger partial charge in [0.25, 0.3) is 0 Å². The molecule has 3 amide bonds. The van der Waals surface area contributed by atoms with Gasteiger partial charge in [-0.05, 0) is 5.92 Å². The van der Waals surface area contributed by atoms with Gasteiger partial charge in [-0.15, -0.1) is 6.42 Å². The normalized spacial score (nSPS) is 11.6. The molecule has 2 N–H and O–H groups in total. The smallest absolute Gasteiger partial charge is 0.242 e. The summed E-state index contributed by atoms with van der Waals surface area (Å²) in [6.07, 6.45) is 5.20. The predicted octanol–water partition coefficient (Wildman–Crippen LogP) is -0.579. The van der Waals surface area contributed by atoms with Crippen molar-refractivity contribution in [2.45, 2.75) is 26.3 Å². The summed E-state index contributed by atoms with van der Waals surface area (Å²) in [7, 11) is 3.05. The zero-order valence-electron chi connectivity index (χ0n) is 19.1. The van der Waals surface area contributed by atoms with Crippen LogP contribution >= 0.6 is 0 Å². The van der Waals surface area contributed by atoms with Crippen molar-refractivity contribution in [2.24, 2.45) is 5.92 Å². The van der Waals surface area contributed by atoms with Crippen molar-refractivity contribution in [3.05, 3.63) is 0 Å². The van der Waals surface area contributed by atoms with Gasteiger partial charge in [0, 0.05) is 14.1 Å². The molecule has 0 bridgehead atoms. The van der Waals surface area contributed by atoms with E-state index in [0.29, 0.717) is 39.6 Å². The molecule has 0 spiro atoms. The lowest BCUT2D eigenvalue weighted by Crippen LogP contribution is -2.51. The number of hydrogen-bond acceptors (Lipinski definition) is 7. The van der Waals surface area contributed by atoms with Gasteiger partial charge in [-0.1, -0.05) is 19.8 Å². The lowest BCUT2D eigenvalue weighted by atomic mass is 10.0. The Bertz CT molecular complexity index is 564. The second kappa shape index (κ2) is 18.6. The summed E-state index contributed by atoms with van der Waals surface area (Å²) in [5.74, 6) is 1.41. The van der Waals surface area contributed by atoms with Gasteiger partial charge < -0.3 is 34.5 Å². The number of nitrogens with zero attached hydrogens (tertiary/aromatic N) is 1. The molecule has 10 nitrogen and oxygen atoms in total. The summed E-state index contributed by atoms with van der Waals surface area (Å²) in [5.41, 5.74) is 0. The molecule has 0 aromatic heterocycles. The van der Waals surface area contributed by atoms with E-state index in [1.165, 1.54) is 19.0 Å². The maximum Gasteiger partial charge on any atom is 0.242 e. The third-order valence-corrected chi connectivity index (χ3v) is 4.08. The fourth-order valence-corrected chi connectivity index (χ4v) is 2.35. The van der Waals surface area contributed by atoms with Crippen LogP contribution in [0.25, 0.3) is 0 Å². The molecular formula is C21H37N3O7. The first-order valence-corrected chi connectivity index (χ1v) is 10.3. The Morgan fingerprint density at radius 2 is 1.45 bits per heavy atom. The second-order valence-electron chi connectivity index (χ2n) is 7.00. The molecule has 0 fully saturated rings. The number of ether oxygens (including phenoxy) is 4. The predicted molar refractivity (Wildman–Crippen MR) is 115 cm³/mol. The van der Waals surface area contributed by atoms with Gasteiger partial charge in [-0.2, -0.15) is 0 Å². The molecule has 0 aliphatic carbocycles. The molecule has 0 heterocycles. The lowest BCUT2D eigenvalue weighted by Gasteiger charge is -2.23. The topological polar surface area (TPSA) is 115 Å². The Labute approximate surface area is 185 Å². The van der Waals surface area contributed by atoms with Gasteiger partial charge in [-0.3, -0.25) is 14.4 Å². The fourth-order valence-electron chi connectivity index (χ4n) is 2.35. The summed E-state index contributed by atoms with van der Waals surface area (Å²) in [6, 6.07) is -0.642. The molecule has 178 valence electrons. The molecule has 10 heteroatoms. The van der Waals surface area contributed by atoms with Crippen LogP contribution < -0.4 is 10.6 Å². The van der Waals surface area contributed by atoms with E-state index in [1.54, 1.807) is 0 Å². The van der Waals surface area contributed by atoms with Crippen LogP contribution in [0.15, 0.2) is 0 Å². The highest BCUT2D eigenvalue weighted by molar-refractivity contribution is 5.90. The van der Waals surface area contributed by atoms with Gasteiger partial charge in [0.2, 0.25) is 17.7 Å². The van der Waals surface area contributed by atoms with E-state index in [0.717, 1.165) is 0 Å². The SMILES string of the molecule is C#CCOCCOCCOCCOCCC(=O)N(C)CC(=O)N[C@H](C(=O)NC)C(C)C. The summed E-state index contributed by atoms with van der Waals surface area (Å²) >= 11 is 0. The van der Waals surface area contributed by atoms with Crippen molar-refractivity contribution >= 4 is 17.7 Å². The van der Waals surface area contributed by atoms with Crippen LogP contribution in [-0.4, -0.2) is 102 Å². The van der Waals surface area contributed by atoms with Crippen LogP contribution in [0.3, 0.4) is 0 Å². The minimum atomic E-state index is -0.642. The molecule has 0 aromatic carbocycles. The average molecular weight is 444 g/mol. The maximum absolute atomic E-state index is 12.1. The first-order valence-electron chi connectivity index (χ1n) is 10.3. The zero-order valence-corrected chi connectivity index (χ0v) is 19.1.